The van der Waals surface area contributed by atoms with E-state index < -0.39 is 10.0 Å². The van der Waals surface area contributed by atoms with Gasteiger partial charge in [-0.1, -0.05) is 12.1 Å². The fourth-order valence-electron chi connectivity index (χ4n) is 2.28. The van der Waals surface area contributed by atoms with Crippen LogP contribution < -0.4 is 10.5 Å². The van der Waals surface area contributed by atoms with Crippen molar-refractivity contribution in [1.29, 1.82) is 0 Å². The van der Waals surface area contributed by atoms with E-state index in [4.69, 9.17) is 10.5 Å². The molecule has 2 N–H and O–H groups in total. The molecule has 7 nitrogen and oxygen atoms in total. The molecule has 1 aromatic carbocycles. The van der Waals surface area contributed by atoms with Crippen molar-refractivity contribution in [2.75, 3.05) is 12.8 Å². The molecule has 0 spiro atoms. The maximum Gasteiger partial charge on any atom is 0.247 e. The third-order valence-electron chi connectivity index (χ3n) is 3.33. The Morgan fingerprint density at radius 1 is 1.29 bits per heavy atom. The number of methoxy groups -OCH3 is 1. The Kier molecular flexibility index (Phi) is 3.26. The van der Waals surface area contributed by atoms with Gasteiger partial charge in [0.05, 0.1) is 19.3 Å². The van der Waals surface area contributed by atoms with Crippen molar-refractivity contribution in [1.82, 2.24) is 14.3 Å². The van der Waals surface area contributed by atoms with Crippen LogP contribution in [-0.4, -0.2) is 29.8 Å². The fourth-order valence-corrected chi connectivity index (χ4v) is 3.82. The monoisotopic (exact) mass is 306 g/mol. The molecule has 0 bridgehead atoms. The van der Waals surface area contributed by atoms with Gasteiger partial charge in [-0.15, -0.1) is 0 Å². The number of hydrogen-bond acceptors (Lipinski definition) is 6. The first-order chi connectivity index (χ1) is 10.0. The van der Waals surface area contributed by atoms with Gasteiger partial charge in [0.15, 0.2) is 0 Å². The van der Waals surface area contributed by atoms with Crippen LogP contribution in [0.25, 0.3) is 0 Å². The molecule has 110 valence electrons. The normalized spacial score (nSPS) is 14.9. The van der Waals surface area contributed by atoms with E-state index in [0.717, 1.165) is 5.56 Å². The van der Waals surface area contributed by atoms with Crippen molar-refractivity contribution >= 4 is 16.0 Å². The Labute approximate surface area is 122 Å². The third-order valence-corrected chi connectivity index (χ3v) is 5.16. The van der Waals surface area contributed by atoms with Crippen molar-refractivity contribution in [3.8, 4) is 5.75 Å². The second kappa shape index (κ2) is 4.97. The highest BCUT2D eigenvalue weighted by molar-refractivity contribution is 7.89. The minimum Gasteiger partial charge on any atom is -0.495 e. The number of para-hydroxylation sites is 1. The summed E-state index contributed by atoms with van der Waals surface area (Å²) in [6.45, 7) is 0.415. The smallest absolute Gasteiger partial charge is 0.247 e. The number of ether oxygens (including phenoxy) is 1. The summed E-state index contributed by atoms with van der Waals surface area (Å²) >= 11 is 0. The predicted octanol–water partition coefficient (Wildman–Crippen LogP) is 0.772. The Morgan fingerprint density at radius 2 is 2.05 bits per heavy atom. The van der Waals surface area contributed by atoms with Crippen LogP contribution in [0.3, 0.4) is 0 Å². The van der Waals surface area contributed by atoms with Gasteiger partial charge in [0.25, 0.3) is 0 Å². The summed E-state index contributed by atoms with van der Waals surface area (Å²) < 4.78 is 31.9. The van der Waals surface area contributed by atoms with Gasteiger partial charge in [-0.05, 0) is 12.1 Å². The SMILES string of the molecule is COc1ccccc1S(=O)(=O)N1Cc2cnc(N)nc2C1. The van der Waals surface area contributed by atoms with E-state index in [9.17, 15) is 8.42 Å². The summed E-state index contributed by atoms with van der Waals surface area (Å²) in [5.74, 6) is 0.462. The van der Waals surface area contributed by atoms with Crippen LogP contribution in [-0.2, 0) is 23.1 Å². The summed E-state index contributed by atoms with van der Waals surface area (Å²) in [6.07, 6.45) is 1.56. The van der Waals surface area contributed by atoms with Gasteiger partial charge in [-0.25, -0.2) is 18.4 Å². The van der Waals surface area contributed by atoms with Gasteiger partial charge in [0, 0.05) is 18.3 Å². The zero-order chi connectivity index (χ0) is 15.0. The Balaban J connectivity index is 1.98. The summed E-state index contributed by atoms with van der Waals surface area (Å²) in [5.41, 5.74) is 6.94. The van der Waals surface area contributed by atoms with Crippen LogP contribution >= 0.6 is 0 Å². The lowest BCUT2D eigenvalue weighted by atomic mass is 10.3. The lowest BCUT2D eigenvalue weighted by Crippen LogP contribution is -2.26. The van der Waals surface area contributed by atoms with E-state index in [1.54, 1.807) is 24.4 Å². The molecular weight excluding hydrogens is 292 g/mol. The van der Waals surface area contributed by atoms with Gasteiger partial charge in [-0.2, -0.15) is 4.31 Å². The van der Waals surface area contributed by atoms with E-state index in [2.05, 4.69) is 9.97 Å². The van der Waals surface area contributed by atoms with Crippen LogP contribution in [0, 0.1) is 0 Å². The van der Waals surface area contributed by atoms with Gasteiger partial charge < -0.3 is 10.5 Å². The topological polar surface area (TPSA) is 98.4 Å². The molecule has 2 aromatic rings. The molecule has 0 radical (unpaired) electrons. The standard InChI is InChI=1S/C13H14N4O3S/c1-20-11-4-2-3-5-12(11)21(18,19)17-7-9-6-15-13(14)16-10(9)8-17/h2-6H,7-8H2,1H3,(H2,14,15,16). The number of rotatable bonds is 3. The number of hydrogen-bond donors (Lipinski definition) is 1. The molecule has 2 heterocycles. The number of sulfonamides is 1. The molecule has 21 heavy (non-hydrogen) atoms. The first-order valence-electron chi connectivity index (χ1n) is 6.26. The number of benzene rings is 1. The summed E-state index contributed by atoms with van der Waals surface area (Å²) in [7, 11) is -2.22. The third kappa shape index (κ3) is 2.32. The van der Waals surface area contributed by atoms with Gasteiger partial charge >= 0.3 is 0 Å². The summed E-state index contributed by atoms with van der Waals surface area (Å²) in [4.78, 5) is 8.12. The first kappa shape index (κ1) is 13.8. The van der Waals surface area contributed by atoms with Crippen molar-refractivity contribution in [2.45, 2.75) is 18.0 Å². The van der Waals surface area contributed by atoms with Gasteiger partial charge in [-0.3, -0.25) is 0 Å². The average Bonchev–Trinajstić information content (AvgIpc) is 2.91. The molecule has 0 fully saturated rings. The van der Waals surface area contributed by atoms with Gasteiger partial charge in [0.1, 0.15) is 10.6 Å². The second-order valence-corrected chi connectivity index (χ2v) is 6.53. The summed E-state index contributed by atoms with van der Waals surface area (Å²) in [6, 6.07) is 6.53. The largest absolute Gasteiger partial charge is 0.495 e. The Bertz CT molecular complexity index is 792. The zero-order valence-electron chi connectivity index (χ0n) is 11.4. The lowest BCUT2D eigenvalue weighted by molar-refractivity contribution is 0.392. The van der Waals surface area contributed by atoms with E-state index in [0.29, 0.717) is 11.4 Å². The molecule has 0 saturated carbocycles. The van der Waals surface area contributed by atoms with Crippen molar-refractivity contribution in [2.24, 2.45) is 0 Å². The predicted molar refractivity (Wildman–Crippen MR) is 75.9 cm³/mol. The van der Waals surface area contributed by atoms with E-state index in [1.165, 1.54) is 17.5 Å². The number of anilines is 1. The zero-order valence-corrected chi connectivity index (χ0v) is 12.2. The molecule has 0 aliphatic carbocycles. The van der Waals surface area contributed by atoms with Crippen molar-refractivity contribution < 1.29 is 13.2 Å². The molecule has 1 aromatic heterocycles. The van der Waals surface area contributed by atoms with Crippen LogP contribution in [0.2, 0.25) is 0 Å². The van der Waals surface area contributed by atoms with Crippen molar-refractivity contribution in [3.05, 3.63) is 41.7 Å². The van der Waals surface area contributed by atoms with E-state index in [1.807, 2.05) is 0 Å². The Morgan fingerprint density at radius 3 is 2.81 bits per heavy atom. The molecule has 0 unspecified atom stereocenters. The van der Waals surface area contributed by atoms with Crippen LogP contribution in [0.15, 0.2) is 35.4 Å². The minimum atomic E-state index is -3.66. The molecule has 0 amide bonds. The molecule has 8 heteroatoms. The van der Waals surface area contributed by atoms with Crippen molar-refractivity contribution in [3.63, 3.8) is 0 Å². The highest BCUT2D eigenvalue weighted by atomic mass is 32.2. The maximum absolute atomic E-state index is 12.7. The van der Waals surface area contributed by atoms with Crippen LogP contribution in [0.5, 0.6) is 5.75 Å². The van der Waals surface area contributed by atoms with E-state index >= 15 is 0 Å². The van der Waals surface area contributed by atoms with E-state index in [-0.39, 0.29) is 23.9 Å². The molecule has 1 aliphatic heterocycles. The number of fused-ring (bicyclic) bond motifs is 1. The lowest BCUT2D eigenvalue weighted by Gasteiger charge is -2.17. The highest BCUT2D eigenvalue weighted by Crippen LogP contribution is 2.31. The number of nitrogens with two attached hydrogens (primary N) is 1. The first-order valence-corrected chi connectivity index (χ1v) is 7.70. The summed E-state index contributed by atoms with van der Waals surface area (Å²) in [5, 5.41) is 0. The number of nitrogens with zero attached hydrogens (tertiary/aromatic N) is 3. The molecule has 3 rings (SSSR count). The second-order valence-electron chi connectivity index (χ2n) is 4.62. The Hall–Kier alpha value is -2.19. The average molecular weight is 306 g/mol. The number of nitrogen functional groups attached to an aromatic ring is 1. The maximum atomic E-state index is 12.7. The van der Waals surface area contributed by atoms with Crippen LogP contribution in [0.4, 0.5) is 5.95 Å². The molecule has 1 aliphatic rings. The molecule has 0 atom stereocenters. The van der Waals surface area contributed by atoms with Gasteiger partial charge in [0.2, 0.25) is 16.0 Å². The number of aromatic nitrogens is 2. The van der Waals surface area contributed by atoms with Crippen LogP contribution in [0.1, 0.15) is 11.3 Å². The molecule has 0 saturated heterocycles. The quantitative estimate of drug-likeness (QED) is 0.899. The highest BCUT2D eigenvalue weighted by Gasteiger charge is 2.33. The fraction of sp³-hybridized carbons (Fsp3) is 0.231. The minimum absolute atomic E-state index is 0.140. The molecular formula is C13H14N4O3S.